The lowest BCUT2D eigenvalue weighted by molar-refractivity contribution is 0.204. The first kappa shape index (κ1) is 23.3. The predicted molar refractivity (Wildman–Crippen MR) is 119 cm³/mol. The Bertz CT molecular complexity index is 763. The summed E-state index contributed by atoms with van der Waals surface area (Å²) in [6, 6.07) is 15.2. The molecule has 0 aliphatic rings. The molecule has 0 aliphatic carbocycles. The normalized spacial score (nSPS) is 11.6. The second kappa shape index (κ2) is 12.6. The molecule has 0 saturated heterocycles. The predicted octanol–water partition coefficient (Wildman–Crippen LogP) is 3.46. The molecule has 2 amide bonds. The van der Waals surface area contributed by atoms with Crippen molar-refractivity contribution < 1.29 is 19.0 Å². The number of nitrogens with zero attached hydrogens (tertiary/aromatic N) is 1. The van der Waals surface area contributed by atoms with Crippen molar-refractivity contribution in [2.75, 3.05) is 47.0 Å². The third-order valence-corrected chi connectivity index (χ3v) is 4.90. The summed E-state index contributed by atoms with van der Waals surface area (Å²) in [4.78, 5) is 14.6. The van der Waals surface area contributed by atoms with Gasteiger partial charge in [0, 0.05) is 6.54 Å². The Morgan fingerprint density at radius 2 is 1.60 bits per heavy atom. The highest BCUT2D eigenvalue weighted by Crippen LogP contribution is 2.23. The van der Waals surface area contributed by atoms with Gasteiger partial charge in [-0.3, -0.25) is 4.90 Å². The minimum atomic E-state index is -0.214. The first-order valence-electron chi connectivity index (χ1n) is 10.3. The summed E-state index contributed by atoms with van der Waals surface area (Å²) >= 11 is 0. The summed E-state index contributed by atoms with van der Waals surface area (Å²) in [5.41, 5.74) is 1.11. The van der Waals surface area contributed by atoms with Crippen LogP contribution in [0.25, 0.3) is 0 Å². The number of methoxy groups -OCH3 is 2. The van der Waals surface area contributed by atoms with Crippen LogP contribution in [-0.2, 0) is 0 Å². The van der Waals surface area contributed by atoms with E-state index in [9.17, 15) is 4.79 Å². The minimum absolute atomic E-state index is 0.0661. The van der Waals surface area contributed by atoms with Crippen LogP contribution in [0.3, 0.4) is 0 Å². The Kier molecular flexibility index (Phi) is 9.80. The molecule has 0 spiro atoms. The molecule has 0 saturated carbocycles. The average molecular weight is 416 g/mol. The number of benzene rings is 2. The van der Waals surface area contributed by atoms with Gasteiger partial charge in [0.2, 0.25) is 0 Å². The van der Waals surface area contributed by atoms with Crippen molar-refractivity contribution >= 4 is 6.03 Å². The summed E-state index contributed by atoms with van der Waals surface area (Å²) in [5.74, 6) is 2.32. The molecule has 0 fully saturated rings. The maximum absolute atomic E-state index is 12.3. The number of carbonyl (C=O) groups is 1. The van der Waals surface area contributed by atoms with E-state index in [1.807, 2.05) is 42.5 Å². The number of amides is 2. The molecule has 0 aromatic heterocycles. The summed E-state index contributed by atoms with van der Waals surface area (Å²) < 4.78 is 16.1. The number of carbonyl (C=O) groups excluding carboxylic acids is 1. The molecular weight excluding hydrogens is 382 g/mol. The first-order chi connectivity index (χ1) is 14.6. The third kappa shape index (κ3) is 7.15. The van der Waals surface area contributed by atoms with Crippen LogP contribution in [-0.4, -0.2) is 57.9 Å². The molecule has 2 N–H and O–H groups in total. The van der Waals surface area contributed by atoms with Gasteiger partial charge in [-0.2, -0.15) is 0 Å². The molecule has 1 unspecified atom stereocenters. The van der Waals surface area contributed by atoms with E-state index >= 15 is 0 Å². The van der Waals surface area contributed by atoms with Gasteiger partial charge in [0.05, 0.1) is 26.8 Å². The van der Waals surface area contributed by atoms with E-state index in [1.54, 1.807) is 14.2 Å². The fourth-order valence-corrected chi connectivity index (χ4v) is 3.23. The van der Waals surface area contributed by atoms with Gasteiger partial charge in [-0.25, -0.2) is 4.79 Å². The number of rotatable bonds is 12. The maximum atomic E-state index is 12.3. The molecule has 0 aliphatic heterocycles. The summed E-state index contributed by atoms with van der Waals surface area (Å²) in [6.07, 6.45) is 0. The Morgan fingerprint density at radius 1 is 0.933 bits per heavy atom. The van der Waals surface area contributed by atoms with Gasteiger partial charge < -0.3 is 24.8 Å². The van der Waals surface area contributed by atoms with Gasteiger partial charge in [0.15, 0.2) is 0 Å². The van der Waals surface area contributed by atoms with Crippen molar-refractivity contribution in [2.24, 2.45) is 0 Å². The largest absolute Gasteiger partial charge is 0.497 e. The standard InChI is InChI=1S/C23H33N3O4/c1-5-26(6-2)22(18-8-7-9-21(16-18)29-4)17-25-23(27)24-14-15-30-20-12-10-19(28-3)11-13-20/h7-13,16,22H,5-6,14-15,17H2,1-4H3,(H2,24,25,27). The number of hydrogen-bond donors (Lipinski definition) is 2. The maximum Gasteiger partial charge on any atom is 0.314 e. The van der Waals surface area contributed by atoms with Gasteiger partial charge >= 0.3 is 6.03 Å². The second-order valence-corrected chi connectivity index (χ2v) is 6.67. The zero-order chi connectivity index (χ0) is 21.8. The summed E-state index contributed by atoms with van der Waals surface area (Å²) in [5, 5.41) is 5.81. The first-order valence-corrected chi connectivity index (χ1v) is 10.3. The Hall–Kier alpha value is -2.93. The number of hydrogen-bond acceptors (Lipinski definition) is 5. The van der Waals surface area contributed by atoms with Gasteiger partial charge in [-0.05, 0) is 55.1 Å². The topological polar surface area (TPSA) is 72.1 Å². The number of ether oxygens (including phenoxy) is 3. The molecule has 2 rings (SSSR count). The van der Waals surface area contributed by atoms with E-state index in [1.165, 1.54) is 0 Å². The fourth-order valence-electron chi connectivity index (χ4n) is 3.23. The van der Waals surface area contributed by atoms with Crippen molar-refractivity contribution in [2.45, 2.75) is 19.9 Å². The highest BCUT2D eigenvalue weighted by atomic mass is 16.5. The zero-order valence-electron chi connectivity index (χ0n) is 18.3. The lowest BCUT2D eigenvalue weighted by Crippen LogP contribution is -2.43. The van der Waals surface area contributed by atoms with Gasteiger partial charge in [0.25, 0.3) is 0 Å². The number of nitrogens with one attached hydrogen (secondary N) is 2. The molecule has 164 valence electrons. The van der Waals surface area contributed by atoms with E-state index in [4.69, 9.17) is 14.2 Å². The van der Waals surface area contributed by atoms with Crippen LogP contribution >= 0.6 is 0 Å². The van der Waals surface area contributed by atoms with Crippen molar-refractivity contribution in [1.82, 2.24) is 15.5 Å². The zero-order valence-corrected chi connectivity index (χ0v) is 18.3. The monoisotopic (exact) mass is 415 g/mol. The van der Waals surface area contributed by atoms with E-state index in [-0.39, 0.29) is 12.1 Å². The summed E-state index contributed by atoms with van der Waals surface area (Å²) in [6.45, 7) is 7.30. The molecule has 7 nitrogen and oxygen atoms in total. The molecule has 0 heterocycles. The van der Waals surface area contributed by atoms with Crippen LogP contribution in [0.15, 0.2) is 48.5 Å². The van der Waals surface area contributed by atoms with Gasteiger partial charge in [0.1, 0.15) is 23.9 Å². The SMILES string of the molecule is CCN(CC)C(CNC(=O)NCCOc1ccc(OC)cc1)c1cccc(OC)c1. The molecule has 0 bridgehead atoms. The fraction of sp³-hybridized carbons (Fsp3) is 0.435. The Labute approximate surface area is 179 Å². The van der Waals surface area contributed by atoms with E-state index in [0.29, 0.717) is 19.7 Å². The molecule has 0 radical (unpaired) electrons. The van der Waals surface area contributed by atoms with Crippen LogP contribution in [0.5, 0.6) is 17.2 Å². The van der Waals surface area contributed by atoms with Crippen molar-refractivity contribution in [3.8, 4) is 17.2 Å². The second-order valence-electron chi connectivity index (χ2n) is 6.67. The van der Waals surface area contributed by atoms with Crippen LogP contribution in [0.2, 0.25) is 0 Å². The lowest BCUT2D eigenvalue weighted by atomic mass is 10.0. The molecule has 2 aromatic rings. The van der Waals surface area contributed by atoms with E-state index < -0.39 is 0 Å². The van der Waals surface area contributed by atoms with Crippen molar-refractivity contribution in [3.05, 3.63) is 54.1 Å². The quantitative estimate of drug-likeness (QED) is 0.520. The average Bonchev–Trinajstić information content (AvgIpc) is 2.79. The third-order valence-electron chi connectivity index (χ3n) is 4.90. The highest BCUT2D eigenvalue weighted by Gasteiger charge is 2.19. The smallest absolute Gasteiger partial charge is 0.314 e. The van der Waals surface area contributed by atoms with E-state index in [2.05, 4.69) is 35.4 Å². The van der Waals surface area contributed by atoms with Crippen LogP contribution in [0.1, 0.15) is 25.5 Å². The number of urea groups is 1. The Balaban J connectivity index is 1.82. The van der Waals surface area contributed by atoms with Crippen LogP contribution < -0.4 is 24.8 Å². The Morgan fingerprint density at radius 3 is 2.23 bits per heavy atom. The molecule has 30 heavy (non-hydrogen) atoms. The van der Waals surface area contributed by atoms with E-state index in [0.717, 1.165) is 35.9 Å². The number of likely N-dealkylation sites (N-methyl/N-ethyl adjacent to an activating group) is 1. The molecule has 7 heteroatoms. The molecule has 1 atom stereocenters. The van der Waals surface area contributed by atoms with Gasteiger partial charge in [-0.1, -0.05) is 26.0 Å². The van der Waals surface area contributed by atoms with Gasteiger partial charge in [-0.15, -0.1) is 0 Å². The lowest BCUT2D eigenvalue weighted by Gasteiger charge is -2.30. The summed E-state index contributed by atoms with van der Waals surface area (Å²) in [7, 11) is 3.28. The highest BCUT2D eigenvalue weighted by molar-refractivity contribution is 5.73. The van der Waals surface area contributed by atoms with Crippen LogP contribution in [0, 0.1) is 0 Å². The van der Waals surface area contributed by atoms with Crippen LogP contribution in [0.4, 0.5) is 4.79 Å². The molecule has 2 aromatic carbocycles. The van der Waals surface area contributed by atoms with Crippen molar-refractivity contribution in [3.63, 3.8) is 0 Å². The molecular formula is C23H33N3O4. The van der Waals surface area contributed by atoms with Crippen molar-refractivity contribution in [1.29, 1.82) is 0 Å². The minimum Gasteiger partial charge on any atom is -0.497 e.